The summed E-state index contributed by atoms with van der Waals surface area (Å²) in [6, 6.07) is 3.81. The summed E-state index contributed by atoms with van der Waals surface area (Å²) in [7, 11) is 0. The van der Waals surface area contributed by atoms with Crippen molar-refractivity contribution >= 4 is 28.9 Å². The number of carboxylic acids is 1. The zero-order chi connectivity index (χ0) is 12.5. The minimum absolute atomic E-state index is 0.547. The Bertz CT molecular complexity index is 415. The second-order valence-corrected chi connectivity index (χ2v) is 6.78. The molecule has 2 rings (SSSR count). The van der Waals surface area contributed by atoms with Crippen LogP contribution in [0.25, 0.3) is 0 Å². The first-order chi connectivity index (χ1) is 8.05. The number of rotatable bonds is 4. The van der Waals surface area contributed by atoms with Crippen LogP contribution in [0.2, 0.25) is 4.34 Å². The van der Waals surface area contributed by atoms with Gasteiger partial charge in [-0.05, 0) is 43.7 Å². The van der Waals surface area contributed by atoms with Crippen LogP contribution in [0, 0.1) is 11.3 Å². The summed E-state index contributed by atoms with van der Waals surface area (Å²) in [5.74, 6) is -0.0699. The minimum Gasteiger partial charge on any atom is -0.481 e. The normalized spacial score (nSPS) is 28.5. The highest BCUT2D eigenvalue weighted by molar-refractivity contribution is 7.16. The van der Waals surface area contributed by atoms with Crippen molar-refractivity contribution in [3.8, 4) is 0 Å². The standard InChI is InChI=1S/C13H17ClO2S/c1-2-9-5-6-13(7-9,12(15)16)8-10-3-4-11(14)17-10/h3-4,9H,2,5-8H2,1H3,(H,15,16). The predicted molar refractivity (Wildman–Crippen MR) is 70.7 cm³/mol. The molecule has 1 aromatic heterocycles. The first-order valence-corrected chi connectivity index (χ1v) is 7.23. The fraction of sp³-hybridized carbons (Fsp3) is 0.615. The summed E-state index contributed by atoms with van der Waals surface area (Å²) in [6.45, 7) is 2.14. The fourth-order valence-corrected chi connectivity index (χ4v) is 4.03. The van der Waals surface area contributed by atoms with Crippen LogP contribution in [0.15, 0.2) is 12.1 Å². The Morgan fingerprint density at radius 1 is 1.65 bits per heavy atom. The predicted octanol–water partition coefficient (Wildman–Crippen LogP) is 4.23. The smallest absolute Gasteiger partial charge is 0.310 e. The largest absolute Gasteiger partial charge is 0.481 e. The molecule has 1 saturated carbocycles. The molecule has 94 valence electrons. The molecule has 0 amide bonds. The maximum absolute atomic E-state index is 11.6. The molecule has 4 heteroatoms. The Morgan fingerprint density at radius 2 is 2.41 bits per heavy atom. The summed E-state index contributed by atoms with van der Waals surface area (Å²) >= 11 is 7.40. The zero-order valence-electron chi connectivity index (χ0n) is 9.91. The van der Waals surface area contributed by atoms with Crippen LogP contribution >= 0.6 is 22.9 Å². The van der Waals surface area contributed by atoms with Gasteiger partial charge in [0.1, 0.15) is 0 Å². The molecule has 2 nitrogen and oxygen atoms in total. The van der Waals surface area contributed by atoms with Crippen molar-refractivity contribution in [3.05, 3.63) is 21.3 Å². The number of aliphatic carboxylic acids is 1. The fourth-order valence-electron chi connectivity index (χ4n) is 2.80. The molecule has 1 aliphatic rings. The molecule has 2 unspecified atom stereocenters. The van der Waals surface area contributed by atoms with Gasteiger partial charge in [-0.2, -0.15) is 0 Å². The van der Waals surface area contributed by atoms with E-state index in [9.17, 15) is 9.90 Å². The molecule has 0 bridgehead atoms. The zero-order valence-corrected chi connectivity index (χ0v) is 11.5. The highest BCUT2D eigenvalue weighted by Crippen LogP contribution is 2.46. The lowest BCUT2D eigenvalue weighted by molar-refractivity contribution is -0.148. The molecular weight excluding hydrogens is 256 g/mol. The van der Waals surface area contributed by atoms with E-state index in [-0.39, 0.29) is 0 Å². The van der Waals surface area contributed by atoms with Gasteiger partial charge in [0.15, 0.2) is 0 Å². The Morgan fingerprint density at radius 3 is 2.88 bits per heavy atom. The number of hydrogen-bond acceptors (Lipinski definition) is 2. The van der Waals surface area contributed by atoms with Gasteiger partial charge in [0.05, 0.1) is 9.75 Å². The molecule has 1 N–H and O–H groups in total. The lowest BCUT2D eigenvalue weighted by Gasteiger charge is -2.23. The van der Waals surface area contributed by atoms with Crippen LogP contribution < -0.4 is 0 Å². The Balaban J connectivity index is 2.16. The second kappa shape index (κ2) is 4.99. The SMILES string of the molecule is CCC1CCC(Cc2ccc(Cl)s2)(C(=O)O)C1. The van der Waals surface area contributed by atoms with Crippen molar-refractivity contribution in [3.63, 3.8) is 0 Å². The number of thiophene rings is 1. The van der Waals surface area contributed by atoms with E-state index in [2.05, 4.69) is 6.92 Å². The summed E-state index contributed by atoms with van der Waals surface area (Å²) < 4.78 is 0.741. The minimum atomic E-state index is -0.641. The average Bonchev–Trinajstić information content (AvgIpc) is 2.87. The van der Waals surface area contributed by atoms with Gasteiger partial charge >= 0.3 is 5.97 Å². The molecule has 1 heterocycles. The number of carbonyl (C=O) groups is 1. The van der Waals surface area contributed by atoms with Crippen molar-refractivity contribution < 1.29 is 9.90 Å². The van der Waals surface area contributed by atoms with Crippen molar-refractivity contribution in [2.75, 3.05) is 0 Å². The van der Waals surface area contributed by atoms with Crippen molar-refractivity contribution in [1.82, 2.24) is 0 Å². The van der Waals surface area contributed by atoms with Crippen LogP contribution in [-0.4, -0.2) is 11.1 Å². The summed E-state index contributed by atoms with van der Waals surface area (Å²) in [4.78, 5) is 12.7. The first kappa shape index (κ1) is 12.9. The van der Waals surface area contributed by atoms with Crippen molar-refractivity contribution in [1.29, 1.82) is 0 Å². The Labute approximate surface area is 111 Å². The maximum Gasteiger partial charge on any atom is 0.310 e. The Hall–Kier alpha value is -0.540. The van der Waals surface area contributed by atoms with E-state index in [1.165, 1.54) is 11.3 Å². The third kappa shape index (κ3) is 2.66. The summed E-state index contributed by atoms with van der Waals surface area (Å²) in [5, 5.41) is 9.52. The van der Waals surface area contributed by atoms with E-state index >= 15 is 0 Å². The molecule has 0 radical (unpaired) electrons. The number of hydrogen-bond donors (Lipinski definition) is 1. The van der Waals surface area contributed by atoms with E-state index < -0.39 is 11.4 Å². The van der Waals surface area contributed by atoms with Crippen LogP contribution in [0.5, 0.6) is 0 Å². The van der Waals surface area contributed by atoms with Gasteiger partial charge < -0.3 is 5.11 Å². The van der Waals surface area contributed by atoms with Gasteiger partial charge in [0.25, 0.3) is 0 Å². The third-order valence-electron chi connectivity index (χ3n) is 3.88. The van der Waals surface area contributed by atoms with Crippen LogP contribution in [-0.2, 0) is 11.2 Å². The summed E-state index contributed by atoms with van der Waals surface area (Å²) in [6.07, 6.45) is 4.38. The molecule has 0 saturated heterocycles. The quantitative estimate of drug-likeness (QED) is 0.891. The number of halogens is 1. The summed E-state index contributed by atoms with van der Waals surface area (Å²) in [5.41, 5.74) is -0.547. The molecule has 17 heavy (non-hydrogen) atoms. The van der Waals surface area contributed by atoms with Crippen LogP contribution in [0.1, 0.15) is 37.5 Å². The molecule has 0 aromatic carbocycles. The van der Waals surface area contributed by atoms with Gasteiger partial charge in [0.2, 0.25) is 0 Å². The highest BCUT2D eigenvalue weighted by Gasteiger charge is 2.45. The second-order valence-electron chi connectivity index (χ2n) is 4.99. The molecule has 2 atom stereocenters. The van der Waals surface area contributed by atoms with Gasteiger partial charge in [-0.25, -0.2) is 0 Å². The highest BCUT2D eigenvalue weighted by atomic mass is 35.5. The van der Waals surface area contributed by atoms with E-state index in [1.54, 1.807) is 0 Å². The van der Waals surface area contributed by atoms with Crippen LogP contribution in [0.3, 0.4) is 0 Å². The molecule has 1 aromatic rings. The van der Waals surface area contributed by atoms with E-state index in [0.29, 0.717) is 12.3 Å². The topological polar surface area (TPSA) is 37.3 Å². The monoisotopic (exact) mass is 272 g/mol. The molecule has 1 fully saturated rings. The van der Waals surface area contributed by atoms with E-state index in [1.807, 2.05) is 12.1 Å². The van der Waals surface area contributed by atoms with Gasteiger partial charge in [-0.1, -0.05) is 24.9 Å². The van der Waals surface area contributed by atoms with Crippen molar-refractivity contribution in [2.45, 2.75) is 39.0 Å². The van der Waals surface area contributed by atoms with Gasteiger partial charge in [-0.3, -0.25) is 4.79 Å². The van der Waals surface area contributed by atoms with E-state index in [4.69, 9.17) is 11.6 Å². The number of carboxylic acid groups (broad SMARTS) is 1. The molecule has 0 aliphatic heterocycles. The average molecular weight is 273 g/mol. The lowest BCUT2D eigenvalue weighted by Crippen LogP contribution is -2.30. The molecular formula is C13H17ClO2S. The third-order valence-corrected chi connectivity index (χ3v) is 5.11. The first-order valence-electron chi connectivity index (χ1n) is 6.03. The van der Waals surface area contributed by atoms with E-state index in [0.717, 1.165) is 34.9 Å². The lowest BCUT2D eigenvalue weighted by atomic mass is 9.81. The van der Waals surface area contributed by atoms with Gasteiger partial charge in [0, 0.05) is 4.88 Å². The Kier molecular flexibility index (Phi) is 3.79. The van der Waals surface area contributed by atoms with Crippen LogP contribution in [0.4, 0.5) is 0 Å². The maximum atomic E-state index is 11.6. The van der Waals surface area contributed by atoms with Crippen molar-refractivity contribution in [2.24, 2.45) is 11.3 Å². The molecule has 0 spiro atoms. The molecule has 1 aliphatic carbocycles. The van der Waals surface area contributed by atoms with Gasteiger partial charge in [-0.15, -0.1) is 11.3 Å².